The van der Waals surface area contributed by atoms with E-state index in [-0.39, 0.29) is 36.3 Å². The molecule has 2 aromatic carbocycles. The Morgan fingerprint density at radius 2 is 1.76 bits per heavy atom. The van der Waals surface area contributed by atoms with Gasteiger partial charge in [-0.05, 0) is 37.6 Å². The lowest BCUT2D eigenvalue weighted by atomic mass is 9.79. The van der Waals surface area contributed by atoms with Gasteiger partial charge in [0.05, 0.1) is 41.4 Å². The average molecular weight is 664 g/mol. The van der Waals surface area contributed by atoms with Gasteiger partial charge in [0, 0.05) is 18.4 Å². The number of thioether (sulfide) groups is 1. The fourth-order valence-corrected chi connectivity index (χ4v) is 7.57. The molecule has 0 bridgehead atoms. The number of nitrogens with zero attached hydrogens (tertiary/aromatic N) is 3. The minimum atomic E-state index is -4.79. The van der Waals surface area contributed by atoms with E-state index in [9.17, 15) is 46.8 Å². The number of hydrogen-bond donors (Lipinski definition) is 4. The lowest BCUT2D eigenvalue weighted by molar-refractivity contribution is -0.179. The van der Waals surface area contributed by atoms with Gasteiger partial charge in [0.25, 0.3) is 0 Å². The zero-order valence-electron chi connectivity index (χ0n) is 24.0. The maximum atomic E-state index is 14.2. The first-order valence-corrected chi connectivity index (χ1v) is 14.9. The summed E-state index contributed by atoms with van der Waals surface area (Å²) in [5.41, 5.74) is -5.75. The lowest BCUT2D eigenvalue weighted by Gasteiger charge is -2.48. The number of ether oxygens (including phenoxy) is 2. The zero-order chi connectivity index (χ0) is 32.9. The molecule has 5 rings (SSSR count). The molecule has 1 unspecified atom stereocenters. The predicted molar refractivity (Wildman–Crippen MR) is 148 cm³/mol. The van der Waals surface area contributed by atoms with Gasteiger partial charge in [-0.3, -0.25) is 0 Å². The number of benzene rings is 2. The molecule has 3 heterocycles. The van der Waals surface area contributed by atoms with Crippen LogP contribution in [0.3, 0.4) is 0 Å². The Morgan fingerprint density at radius 1 is 1.09 bits per heavy atom. The highest BCUT2D eigenvalue weighted by molar-refractivity contribution is 8.00. The first kappa shape index (κ1) is 33.6. The molecule has 45 heavy (non-hydrogen) atoms. The van der Waals surface area contributed by atoms with E-state index < -0.39 is 82.0 Å². The maximum absolute atomic E-state index is 14.2. The summed E-state index contributed by atoms with van der Waals surface area (Å²) in [6.45, 7) is 2.65. The summed E-state index contributed by atoms with van der Waals surface area (Å²) in [6, 6.07) is 4.66. The van der Waals surface area contributed by atoms with Crippen LogP contribution in [0.4, 0.5) is 26.3 Å². The minimum absolute atomic E-state index is 0.0374. The van der Waals surface area contributed by atoms with Crippen LogP contribution in [0.5, 0.6) is 0 Å². The molecule has 2 aliphatic heterocycles. The van der Waals surface area contributed by atoms with E-state index in [1.165, 1.54) is 18.2 Å². The minimum Gasteiger partial charge on any atom is -0.394 e. The van der Waals surface area contributed by atoms with E-state index >= 15 is 0 Å². The summed E-state index contributed by atoms with van der Waals surface area (Å²) >= 11 is 0.689. The monoisotopic (exact) mass is 663 g/mol. The summed E-state index contributed by atoms with van der Waals surface area (Å²) in [5.74, 6) is -4.66. The molecule has 2 fully saturated rings. The smallest absolute Gasteiger partial charge is 0.394 e. The van der Waals surface area contributed by atoms with Crippen molar-refractivity contribution in [2.45, 2.75) is 79.1 Å². The van der Waals surface area contributed by atoms with Crippen molar-refractivity contribution < 1.29 is 56.2 Å². The first-order chi connectivity index (χ1) is 21.0. The van der Waals surface area contributed by atoms with Gasteiger partial charge in [0.1, 0.15) is 35.5 Å². The molecule has 7 atom stereocenters. The third kappa shape index (κ3) is 6.73. The number of alkyl halides is 3. The van der Waals surface area contributed by atoms with Gasteiger partial charge in [-0.1, -0.05) is 23.4 Å². The second-order valence-electron chi connectivity index (χ2n) is 11.8. The summed E-state index contributed by atoms with van der Waals surface area (Å²) in [7, 11) is 0. The Morgan fingerprint density at radius 3 is 2.38 bits per heavy atom. The molecule has 9 nitrogen and oxygen atoms in total. The maximum Gasteiger partial charge on any atom is 0.416 e. The van der Waals surface area contributed by atoms with Gasteiger partial charge < -0.3 is 29.9 Å². The molecule has 246 valence electrons. The van der Waals surface area contributed by atoms with Crippen molar-refractivity contribution in [1.29, 1.82) is 0 Å². The van der Waals surface area contributed by atoms with Crippen LogP contribution in [0.15, 0.2) is 42.6 Å². The fraction of sp³-hybridized carbons (Fsp3) is 0.517. The molecule has 0 spiro atoms. The molecule has 3 aromatic rings. The molecule has 0 radical (unpaired) electrons. The van der Waals surface area contributed by atoms with Crippen molar-refractivity contribution in [3.63, 3.8) is 0 Å². The Kier molecular flexibility index (Phi) is 9.32. The van der Waals surface area contributed by atoms with Crippen molar-refractivity contribution in [1.82, 2.24) is 15.0 Å². The van der Waals surface area contributed by atoms with Gasteiger partial charge in [-0.15, -0.1) is 16.9 Å². The highest BCUT2D eigenvalue weighted by Gasteiger charge is 2.53. The molecule has 2 saturated heterocycles. The van der Waals surface area contributed by atoms with Crippen LogP contribution in [0, 0.1) is 17.5 Å². The van der Waals surface area contributed by atoms with Crippen LogP contribution in [0.1, 0.15) is 49.1 Å². The Balaban J connectivity index is 1.53. The predicted octanol–water partition coefficient (Wildman–Crippen LogP) is 4.16. The highest BCUT2D eigenvalue weighted by Crippen LogP contribution is 2.53. The number of hydrogen-bond acceptors (Lipinski definition) is 9. The van der Waals surface area contributed by atoms with Crippen LogP contribution in [0.25, 0.3) is 11.3 Å². The van der Waals surface area contributed by atoms with E-state index in [0.717, 1.165) is 16.9 Å². The molecular weight excluding hydrogens is 632 g/mol. The van der Waals surface area contributed by atoms with Gasteiger partial charge >= 0.3 is 6.18 Å². The second-order valence-corrected chi connectivity index (χ2v) is 13.0. The summed E-state index contributed by atoms with van der Waals surface area (Å²) < 4.78 is 96.4. The SMILES string of the molecule is CC1(C)CC(O)([C@H](S[C@@H]2O[C@H](CO)[C@H](O)[C@H](n3cc(-c4cc(F)c(F)c(F)c4)nn3)[C@H]2O)c2ccccc2C(F)(F)F)CCO1. The van der Waals surface area contributed by atoms with Crippen molar-refractivity contribution in [3.05, 3.63) is 71.2 Å². The summed E-state index contributed by atoms with van der Waals surface area (Å²) in [4.78, 5) is 0. The van der Waals surface area contributed by atoms with Crippen molar-refractivity contribution in [2.75, 3.05) is 13.2 Å². The lowest BCUT2D eigenvalue weighted by Crippen LogP contribution is -2.56. The van der Waals surface area contributed by atoms with Crippen LogP contribution in [-0.2, 0) is 15.7 Å². The van der Waals surface area contributed by atoms with Crippen LogP contribution < -0.4 is 0 Å². The zero-order valence-corrected chi connectivity index (χ0v) is 24.8. The normalized spacial score (nSPS) is 29.5. The molecule has 4 N–H and O–H groups in total. The number of aromatic nitrogens is 3. The van der Waals surface area contributed by atoms with Crippen molar-refractivity contribution >= 4 is 11.8 Å². The quantitative estimate of drug-likeness (QED) is 0.218. The molecule has 0 aliphatic carbocycles. The molecular formula is C29H31F6N3O6S. The largest absolute Gasteiger partial charge is 0.416 e. The van der Waals surface area contributed by atoms with E-state index in [1.54, 1.807) is 13.8 Å². The van der Waals surface area contributed by atoms with Gasteiger partial charge in [-0.2, -0.15) is 13.2 Å². The van der Waals surface area contributed by atoms with E-state index in [1.807, 2.05) is 0 Å². The number of aliphatic hydroxyl groups excluding tert-OH is 3. The third-order valence-electron chi connectivity index (χ3n) is 8.01. The fourth-order valence-electron chi connectivity index (χ4n) is 5.96. The standard InChI is InChI=1S/C29H31F6N3O6S/c1-27(2)13-28(42,7-8-43-27)25(15-5-3-4-6-16(15)29(33,34)35)45-26-24(41)22(23(40)20(12-39)44-26)38-11-19(36-37-38)14-9-17(30)21(32)18(31)10-14/h3-6,9-11,20,22-26,39-42H,7-8,12-13H2,1-2H3/t20-,22+,23+,24-,25-,26+,28?/m1/s1. The highest BCUT2D eigenvalue weighted by atomic mass is 32.2. The Bertz CT molecular complexity index is 1500. The number of rotatable bonds is 7. The van der Waals surface area contributed by atoms with Crippen molar-refractivity contribution in [2.24, 2.45) is 0 Å². The van der Waals surface area contributed by atoms with Crippen LogP contribution in [-0.4, -0.2) is 83.6 Å². The Labute approximate surface area is 257 Å². The summed E-state index contributed by atoms with van der Waals surface area (Å²) in [6.07, 6.45) is -8.51. The van der Waals surface area contributed by atoms with Crippen molar-refractivity contribution in [3.8, 4) is 11.3 Å². The van der Waals surface area contributed by atoms with Crippen LogP contribution in [0.2, 0.25) is 0 Å². The van der Waals surface area contributed by atoms with E-state index in [0.29, 0.717) is 23.9 Å². The van der Waals surface area contributed by atoms with Gasteiger partial charge in [-0.25, -0.2) is 17.9 Å². The first-order valence-electron chi connectivity index (χ1n) is 13.9. The Hall–Kier alpha value is -2.73. The topological polar surface area (TPSA) is 130 Å². The second kappa shape index (κ2) is 12.5. The summed E-state index contributed by atoms with van der Waals surface area (Å²) in [5, 5.41) is 50.8. The molecule has 0 amide bonds. The van der Waals surface area contributed by atoms with Gasteiger partial charge in [0.15, 0.2) is 17.5 Å². The van der Waals surface area contributed by atoms with Gasteiger partial charge in [0.2, 0.25) is 0 Å². The molecule has 2 aliphatic rings. The number of halogens is 6. The van der Waals surface area contributed by atoms with E-state index in [4.69, 9.17) is 9.47 Å². The van der Waals surface area contributed by atoms with Crippen LogP contribution >= 0.6 is 11.8 Å². The molecule has 0 saturated carbocycles. The average Bonchev–Trinajstić information content (AvgIpc) is 3.44. The molecule has 16 heteroatoms. The van der Waals surface area contributed by atoms with E-state index in [2.05, 4.69) is 10.3 Å². The third-order valence-corrected chi connectivity index (χ3v) is 9.63. The molecule has 1 aromatic heterocycles. The number of aliphatic hydroxyl groups is 4.